The molecule has 3 heteroatoms. The van der Waals surface area contributed by atoms with Gasteiger partial charge in [-0.25, -0.2) is 0 Å². The van der Waals surface area contributed by atoms with Crippen molar-refractivity contribution in [3.05, 3.63) is 0 Å². The first-order valence-corrected chi connectivity index (χ1v) is 5.07. The fraction of sp³-hybridized carbons (Fsp3) is 0.875. The minimum absolute atomic E-state index is 0.520. The van der Waals surface area contributed by atoms with Crippen LogP contribution in [0.3, 0.4) is 0 Å². The van der Waals surface area contributed by atoms with E-state index in [0.717, 1.165) is 19.3 Å². The molecular formula is C8H15IO2. The summed E-state index contributed by atoms with van der Waals surface area (Å²) in [4.78, 5) is 10.8. The normalized spacial score (nSPS) is 15.9. The maximum absolute atomic E-state index is 10.8. The van der Waals surface area contributed by atoms with Gasteiger partial charge in [-0.3, -0.25) is 4.79 Å². The van der Waals surface area contributed by atoms with Crippen molar-refractivity contribution in [1.82, 2.24) is 0 Å². The van der Waals surface area contributed by atoms with Crippen LogP contribution in [0.5, 0.6) is 0 Å². The summed E-state index contributed by atoms with van der Waals surface area (Å²) in [6.07, 6.45) is 3.57. The van der Waals surface area contributed by atoms with Crippen LogP contribution in [0, 0.1) is 0 Å². The Morgan fingerprint density at radius 2 is 2.09 bits per heavy atom. The van der Waals surface area contributed by atoms with Gasteiger partial charge in [0.05, 0.1) is 0 Å². The molecule has 0 saturated heterocycles. The molecule has 0 aliphatic rings. The lowest BCUT2D eigenvalue weighted by atomic mass is 10.00. The van der Waals surface area contributed by atoms with Crippen LogP contribution in [0.4, 0.5) is 0 Å². The van der Waals surface area contributed by atoms with Gasteiger partial charge in [0, 0.05) is 0 Å². The average Bonchev–Trinajstić information content (AvgIpc) is 2.00. The third kappa shape index (κ3) is 3.40. The number of carbonyl (C=O) groups is 1. The fourth-order valence-corrected chi connectivity index (χ4v) is 1.27. The molecule has 0 aromatic rings. The first-order chi connectivity index (χ1) is 5.06. The van der Waals surface area contributed by atoms with Crippen molar-refractivity contribution in [3.8, 4) is 0 Å². The van der Waals surface area contributed by atoms with Gasteiger partial charge in [-0.15, -0.1) is 0 Å². The van der Waals surface area contributed by atoms with Gasteiger partial charge in [0.2, 0.25) is 0 Å². The molecular weight excluding hydrogens is 255 g/mol. The van der Waals surface area contributed by atoms with Crippen LogP contribution in [0.1, 0.15) is 39.5 Å². The third-order valence-corrected chi connectivity index (χ3v) is 3.63. The predicted octanol–water partition coefficient (Wildman–Crippen LogP) is 2.85. The van der Waals surface area contributed by atoms with Crippen LogP contribution in [-0.4, -0.2) is 14.5 Å². The molecule has 0 aromatic heterocycles. The van der Waals surface area contributed by atoms with E-state index >= 15 is 0 Å². The lowest BCUT2D eigenvalue weighted by molar-refractivity contribution is -0.139. The second-order valence-corrected chi connectivity index (χ2v) is 4.79. The van der Waals surface area contributed by atoms with Gasteiger partial charge < -0.3 is 5.11 Å². The van der Waals surface area contributed by atoms with E-state index in [0.29, 0.717) is 6.42 Å². The molecule has 0 fully saturated rings. The van der Waals surface area contributed by atoms with E-state index in [2.05, 4.69) is 29.5 Å². The molecule has 0 amide bonds. The van der Waals surface area contributed by atoms with E-state index in [1.54, 1.807) is 0 Å². The van der Waals surface area contributed by atoms with Crippen LogP contribution < -0.4 is 0 Å². The van der Waals surface area contributed by atoms with Crippen molar-refractivity contribution in [2.75, 3.05) is 0 Å². The van der Waals surface area contributed by atoms with Crippen LogP contribution in [-0.2, 0) is 4.79 Å². The lowest BCUT2D eigenvalue weighted by Crippen LogP contribution is -2.30. The summed E-state index contributed by atoms with van der Waals surface area (Å²) in [5, 5.41) is 8.85. The number of halogens is 1. The monoisotopic (exact) mass is 270 g/mol. The minimum atomic E-state index is -0.672. The van der Waals surface area contributed by atoms with E-state index in [9.17, 15) is 4.79 Å². The quantitative estimate of drug-likeness (QED) is 0.616. The van der Waals surface area contributed by atoms with E-state index in [-0.39, 0.29) is 0 Å². The van der Waals surface area contributed by atoms with E-state index in [1.165, 1.54) is 0 Å². The number of carboxylic acids is 1. The molecule has 0 heterocycles. The maximum atomic E-state index is 10.8. The first-order valence-electron chi connectivity index (χ1n) is 3.99. The number of hydrogen-bond acceptors (Lipinski definition) is 1. The number of hydrogen-bond donors (Lipinski definition) is 1. The SMILES string of the molecule is CCCCC(I)(CC)C(=O)O. The van der Waals surface area contributed by atoms with Gasteiger partial charge >= 0.3 is 5.97 Å². The Morgan fingerprint density at radius 1 is 1.55 bits per heavy atom. The Kier molecular flexibility index (Phi) is 5.04. The molecule has 0 bridgehead atoms. The van der Waals surface area contributed by atoms with Crippen molar-refractivity contribution in [3.63, 3.8) is 0 Å². The molecule has 0 radical (unpaired) electrons. The third-order valence-electron chi connectivity index (χ3n) is 1.87. The molecule has 66 valence electrons. The summed E-state index contributed by atoms with van der Waals surface area (Å²) in [6, 6.07) is 0. The Morgan fingerprint density at radius 3 is 2.36 bits per heavy atom. The van der Waals surface area contributed by atoms with Crippen LogP contribution in [0.25, 0.3) is 0 Å². The number of rotatable bonds is 5. The molecule has 0 aliphatic carbocycles. The molecule has 0 spiro atoms. The zero-order valence-corrected chi connectivity index (χ0v) is 9.22. The highest BCUT2D eigenvalue weighted by atomic mass is 127. The summed E-state index contributed by atoms with van der Waals surface area (Å²) < 4.78 is -0.520. The number of alkyl halides is 1. The second kappa shape index (κ2) is 4.95. The van der Waals surface area contributed by atoms with Crippen LogP contribution in [0.2, 0.25) is 0 Å². The summed E-state index contributed by atoms with van der Waals surface area (Å²) in [7, 11) is 0. The Labute approximate surface area is 81.5 Å². The Hall–Kier alpha value is 0.200. The molecule has 1 atom stereocenters. The van der Waals surface area contributed by atoms with Crippen molar-refractivity contribution < 1.29 is 9.90 Å². The fourth-order valence-electron chi connectivity index (χ4n) is 0.892. The van der Waals surface area contributed by atoms with Gasteiger partial charge in [-0.05, 0) is 12.8 Å². The average molecular weight is 270 g/mol. The molecule has 1 N–H and O–H groups in total. The van der Waals surface area contributed by atoms with Crippen molar-refractivity contribution in [2.45, 2.75) is 43.0 Å². The molecule has 0 aromatic carbocycles. The van der Waals surface area contributed by atoms with Crippen molar-refractivity contribution in [2.24, 2.45) is 0 Å². The highest BCUT2D eigenvalue weighted by Crippen LogP contribution is 2.29. The highest BCUT2D eigenvalue weighted by Gasteiger charge is 2.32. The molecule has 0 saturated carbocycles. The highest BCUT2D eigenvalue weighted by molar-refractivity contribution is 14.1. The number of carboxylic acid groups (broad SMARTS) is 1. The molecule has 2 nitrogen and oxygen atoms in total. The first kappa shape index (κ1) is 11.2. The topological polar surface area (TPSA) is 37.3 Å². The summed E-state index contributed by atoms with van der Waals surface area (Å²) >= 11 is 2.05. The molecule has 0 rings (SSSR count). The zero-order valence-electron chi connectivity index (χ0n) is 7.06. The smallest absolute Gasteiger partial charge is 0.319 e. The number of unbranched alkanes of at least 4 members (excludes halogenated alkanes) is 1. The van der Waals surface area contributed by atoms with Crippen LogP contribution >= 0.6 is 22.6 Å². The maximum Gasteiger partial charge on any atom is 0.319 e. The second-order valence-electron chi connectivity index (χ2n) is 2.73. The van der Waals surface area contributed by atoms with Gasteiger partial charge in [-0.2, -0.15) is 0 Å². The molecule has 1 unspecified atom stereocenters. The summed E-state index contributed by atoms with van der Waals surface area (Å²) in [5.74, 6) is -0.672. The van der Waals surface area contributed by atoms with Gasteiger partial charge in [0.25, 0.3) is 0 Å². The summed E-state index contributed by atoms with van der Waals surface area (Å²) in [6.45, 7) is 4.00. The Bertz CT molecular complexity index is 136. The van der Waals surface area contributed by atoms with E-state index in [4.69, 9.17) is 5.11 Å². The predicted molar refractivity (Wildman–Crippen MR) is 54.2 cm³/mol. The van der Waals surface area contributed by atoms with Gasteiger partial charge in [0.15, 0.2) is 0 Å². The largest absolute Gasteiger partial charge is 0.480 e. The molecule has 0 aliphatic heterocycles. The van der Waals surface area contributed by atoms with Gasteiger partial charge in [-0.1, -0.05) is 49.3 Å². The van der Waals surface area contributed by atoms with Crippen LogP contribution in [0.15, 0.2) is 0 Å². The zero-order chi connectivity index (χ0) is 8.91. The number of aliphatic carboxylic acids is 1. The lowest BCUT2D eigenvalue weighted by Gasteiger charge is -2.19. The standard InChI is InChI=1S/C8H15IO2/c1-3-5-6-8(9,4-2)7(10)11/h3-6H2,1-2H3,(H,10,11). The van der Waals surface area contributed by atoms with Gasteiger partial charge in [0.1, 0.15) is 3.42 Å². The van der Waals surface area contributed by atoms with E-state index in [1.807, 2.05) is 6.92 Å². The van der Waals surface area contributed by atoms with Crippen molar-refractivity contribution >= 4 is 28.6 Å². The minimum Gasteiger partial charge on any atom is -0.480 e. The Balaban J connectivity index is 3.99. The van der Waals surface area contributed by atoms with E-state index < -0.39 is 9.39 Å². The summed E-state index contributed by atoms with van der Waals surface area (Å²) in [5.41, 5.74) is 0. The molecule has 11 heavy (non-hydrogen) atoms. The van der Waals surface area contributed by atoms with Crippen molar-refractivity contribution in [1.29, 1.82) is 0 Å².